The minimum Gasteiger partial charge on any atom is -0.493 e. The molecule has 1 amide bonds. The van der Waals surface area contributed by atoms with Crippen molar-refractivity contribution in [3.8, 4) is 5.75 Å². The van der Waals surface area contributed by atoms with E-state index in [1.807, 2.05) is 57.2 Å². The van der Waals surface area contributed by atoms with E-state index >= 15 is 0 Å². The molecule has 0 atom stereocenters. The van der Waals surface area contributed by atoms with Gasteiger partial charge in [-0.2, -0.15) is 0 Å². The Morgan fingerprint density at radius 3 is 2.33 bits per heavy atom. The summed E-state index contributed by atoms with van der Waals surface area (Å²) in [5, 5.41) is 2.89. The highest BCUT2D eigenvalue weighted by atomic mass is 32.2. The molecule has 3 aromatic rings. The average Bonchev–Trinajstić information content (AvgIpc) is 2.85. The number of hydrogen-bond donors (Lipinski definition) is 1. The molecule has 192 valence electrons. The smallest absolute Gasteiger partial charge is 0.264 e. The maximum Gasteiger partial charge on any atom is 0.264 e. The maximum absolute atomic E-state index is 13.6. The monoisotopic (exact) mass is 508 g/mol. The molecular weight excluding hydrogens is 472 g/mol. The Balaban J connectivity index is 1.71. The largest absolute Gasteiger partial charge is 0.493 e. The molecule has 7 heteroatoms. The van der Waals surface area contributed by atoms with Crippen LogP contribution < -0.4 is 14.4 Å². The number of nitrogens with zero attached hydrogens (tertiary/aromatic N) is 1. The van der Waals surface area contributed by atoms with E-state index in [0.29, 0.717) is 25.3 Å². The lowest BCUT2D eigenvalue weighted by Gasteiger charge is -2.26. The number of para-hydroxylation sites is 1. The number of anilines is 1. The van der Waals surface area contributed by atoms with Crippen molar-refractivity contribution < 1.29 is 17.9 Å². The molecule has 0 saturated heterocycles. The van der Waals surface area contributed by atoms with Crippen LogP contribution in [0, 0.1) is 20.8 Å². The topological polar surface area (TPSA) is 75.7 Å². The molecule has 0 aromatic heterocycles. The Labute approximate surface area is 215 Å². The summed E-state index contributed by atoms with van der Waals surface area (Å²) in [7, 11) is -3.93. The third kappa shape index (κ3) is 7.10. The summed E-state index contributed by atoms with van der Waals surface area (Å²) in [5.74, 6) is 0.525. The van der Waals surface area contributed by atoms with Gasteiger partial charge in [0.2, 0.25) is 5.91 Å². The van der Waals surface area contributed by atoms with Crippen LogP contribution in [0.3, 0.4) is 0 Å². The molecule has 0 aliphatic heterocycles. The van der Waals surface area contributed by atoms with Gasteiger partial charge < -0.3 is 10.1 Å². The van der Waals surface area contributed by atoms with Crippen LogP contribution in [0.25, 0.3) is 0 Å². The van der Waals surface area contributed by atoms with Crippen LogP contribution in [-0.2, 0) is 21.2 Å². The third-order valence-electron chi connectivity index (χ3n) is 5.90. The average molecular weight is 509 g/mol. The van der Waals surface area contributed by atoms with Gasteiger partial charge in [-0.1, -0.05) is 60.5 Å². The van der Waals surface area contributed by atoms with E-state index < -0.39 is 10.0 Å². The minimum absolute atomic E-state index is 0.157. The SMILES string of the molecule is CCCOc1ccccc1CCCNC(=O)CN(c1ccc(C)cc1C)S(=O)(=O)c1ccc(C)cc1. The van der Waals surface area contributed by atoms with Crippen molar-refractivity contribution in [2.75, 3.05) is 24.0 Å². The number of nitrogens with one attached hydrogen (secondary N) is 1. The van der Waals surface area contributed by atoms with Gasteiger partial charge in [0.25, 0.3) is 10.0 Å². The van der Waals surface area contributed by atoms with Gasteiger partial charge in [-0.15, -0.1) is 0 Å². The van der Waals surface area contributed by atoms with Gasteiger partial charge >= 0.3 is 0 Å². The molecule has 3 rings (SSSR count). The lowest BCUT2D eigenvalue weighted by atomic mass is 10.1. The second-order valence-electron chi connectivity index (χ2n) is 9.02. The van der Waals surface area contributed by atoms with Crippen LogP contribution in [0.1, 0.15) is 42.0 Å². The molecule has 1 N–H and O–H groups in total. The standard InChI is InChI=1S/C29H36N2O4S/c1-5-19-35-28-11-7-6-9-25(28)10-8-18-30-29(32)21-31(27-17-14-23(3)20-24(27)4)36(33,34)26-15-12-22(2)13-16-26/h6-7,9,11-17,20H,5,8,10,18-19,21H2,1-4H3,(H,30,32). The van der Waals surface area contributed by atoms with Crippen molar-refractivity contribution in [1.82, 2.24) is 5.32 Å². The summed E-state index contributed by atoms with van der Waals surface area (Å²) in [6, 6.07) is 20.1. The Bertz CT molecular complexity index is 1270. The first-order valence-corrected chi connectivity index (χ1v) is 13.8. The zero-order valence-electron chi connectivity index (χ0n) is 21.6. The number of carbonyl (C=O) groups excluding carboxylic acids is 1. The third-order valence-corrected chi connectivity index (χ3v) is 7.67. The summed E-state index contributed by atoms with van der Waals surface area (Å²) in [5.41, 5.74) is 4.38. The zero-order chi connectivity index (χ0) is 26.1. The molecule has 0 spiro atoms. The number of carbonyl (C=O) groups is 1. The number of sulfonamides is 1. The van der Waals surface area contributed by atoms with Crippen molar-refractivity contribution in [2.45, 2.75) is 51.9 Å². The zero-order valence-corrected chi connectivity index (χ0v) is 22.4. The first-order chi connectivity index (χ1) is 17.2. The minimum atomic E-state index is -3.93. The summed E-state index contributed by atoms with van der Waals surface area (Å²) in [4.78, 5) is 13.1. The van der Waals surface area contributed by atoms with Crippen molar-refractivity contribution >= 4 is 21.6 Å². The van der Waals surface area contributed by atoms with Crippen LogP contribution in [-0.4, -0.2) is 34.0 Å². The second kappa shape index (κ2) is 12.6. The number of amides is 1. The van der Waals surface area contributed by atoms with Crippen LogP contribution in [0.5, 0.6) is 5.75 Å². The predicted octanol–water partition coefficient (Wildman–Crippen LogP) is 5.34. The molecule has 0 aliphatic rings. The first kappa shape index (κ1) is 27.3. The van der Waals surface area contributed by atoms with Crippen LogP contribution in [0.15, 0.2) is 71.6 Å². The fourth-order valence-corrected chi connectivity index (χ4v) is 5.46. The first-order valence-electron chi connectivity index (χ1n) is 12.4. The summed E-state index contributed by atoms with van der Waals surface area (Å²) in [6.07, 6.45) is 2.40. The molecule has 0 bridgehead atoms. The van der Waals surface area contributed by atoms with Gasteiger partial charge in [-0.25, -0.2) is 8.42 Å². The fourth-order valence-electron chi connectivity index (χ4n) is 3.98. The summed E-state index contributed by atoms with van der Waals surface area (Å²) in [6.45, 7) is 8.59. The Morgan fingerprint density at radius 1 is 0.944 bits per heavy atom. The van der Waals surface area contributed by atoms with E-state index in [1.54, 1.807) is 30.3 Å². The molecule has 36 heavy (non-hydrogen) atoms. The van der Waals surface area contributed by atoms with Gasteiger partial charge in [0.05, 0.1) is 17.2 Å². The van der Waals surface area contributed by atoms with E-state index in [2.05, 4.69) is 12.2 Å². The molecule has 0 unspecified atom stereocenters. The molecule has 0 saturated carbocycles. The molecule has 0 radical (unpaired) electrons. The molecule has 0 fully saturated rings. The highest BCUT2D eigenvalue weighted by Crippen LogP contribution is 2.27. The maximum atomic E-state index is 13.6. The molecular formula is C29H36N2O4S. The molecule has 3 aromatic carbocycles. The van der Waals surface area contributed by atoms with Gasteiger partial charge in [-0.3, -0.25) is 9.10 Å². The Morgan fingerprint density at radius 2 is 1.64 bits per heavy atom. The Kier molecular flexibility index (Phi) is 9.53. The fraction of sp³-hybridized carbons (Fsp3) is 0.345. The molecule has 0 heterocycles. The highest BCUT2D eigenvalue weighted by molar-refractivity contribution is 7.92. The van der Waals surface area contributed by atoms with Crippen molar-refractivity contribution in [3.05, 3.63) is 89.0 Å². The van der Waals surface area contributed by atoms with Crippen LogP contribution in [0.2, 0.25) is 0 Å². The normalized spacial score (nSPS) is 11.2. The second-order valence-corrected chi connectivity index (χ2v) is 10.9. The number of ether oxygens (including phenoxy) is 1. The van der Waals surface area contributed by atoms with Gasteiger partial charge in [0.1, 0.15) is 12.3 Å². The number of hydrogen-bond acceptors (Lipinski definition) is 4. The van der Waals surface area contributed by atoms with E-state index in [9.17, 15) is 13.2 Å². The summed E-state index contributed by atoms with van der Waals surface area (Å²) < 4.78 is 34.2. The number of rotatable bonds is 12. The quantitative estimate of drug-likeness (QED) is 0.335. The predicted molar refractivity (Wildman–Crippen MR) is 145 cm³/mol. The van der Waals surface area contributed by atoms with E-state index in [-0.39, 0.29) is 17.3 Å². The molecule has 0 aliphatic carbocycles. The molecule has 6 nitrogen and oxygen atoms in total. The summed E-state index contributed by atoms with van der Waals surface area (Å²) >= 11 is 0. The van der Waals surface area contributed by atoms with Crippen molar-refractivity contribution in [1.29, 1.82) is 0 Å². The lowest BCUT2D eigenvalue weighted by Crippen LogP contribution is -2.41. The van der Waals surface area contributed by atoms with E-state index in [0.717, 1.165) is 40.8 Å². The number of benzene rings is 3. The van der Waals surface area contributed by atoms with E-state index in [1.165, 1.54) is 4.31 Å². The van der Waals surface area contributed by atoms with Crippen LogP contribution in [0.4, 0.5) is 5.69 Å². The van der Waals surface area contributed by atoms with Gasteiger partial charge in [0, 0.05) is 6.54 Å². The Hall–Kier alpha value is -3.32. The van der Waals surface area contributed by atoms with Gasteiger partial charge in [0.15, 0.2) is 0 Å². The van der Waals surface area contributed by atoms with Crippen molar-refractivity contribution in [3.63, 3.8) is 0 Å². The number of aryl methyl sites for hydroxylation is 4. The van der Waals surface area contributed by atoms with E-state index in [4.69, 9.17) is 4.74 Å². The highest BCUT2D eigenvalue weighted by Gasteiger charge is 2.28. The lowest BCUT2D eigenvalue weighted by molar-refractivity contribution is -0.119. The van der Waals surface area contributed by atoms with Crippen molar-refractivity contribution in [2.24, 2.45) is 0 Å². The van der Waals surface area contributed by atoms with Gasteiger partial charge in [-0.05, 0) is 75.4 Å². The van der Waals surface area contributed by atoms with Crippen LogP contribution >= 0.6 is 0 Å².